The van der Waals surface area contributed by atoms with Crippen LogP contribution in [-0.2, 0) is 10.3 Å². The third-order valence-electron chi connectivity index (χ3n) is 3.43. The molecule has 0 radical (unpaired) electrons. The Balaban J connectivity index is 2.71. The van der Waals surface area contributed by atoms with Gasteiger partial charge in [-0.3, -0.25) is 4.79 Å². The number of nitrogens with two attached hydrogens (primary N) is 2. The third kappa shape index (κ3) is 2.48. The average Bonchev–Trinajstić information content (AvgIpc) is 2.66. The van der Waals surface area contributed by atoms with E-state index in [1.54, 1.807) is 0 Å². The van der Waals surface area contributed by atoms with E-state index in [0.29, 0.717) is 5.69 Å². The first-order valence-corrected chi connectivity index (χ1v) is 6.79. The number of amides is 1. The number of nitrogen functional groups attached to an aromatic ring is 1. The molecule has 0 atom stereocenters. The number of carbonyl (C=O) groups is 1. The Hall–Kier alpha value is -2.04. The summed E-state index contributed by atoms with van der Waals surface area (Å²) in [6, 6.07) is 5.66. The lowest BCUT2D eigenvalue weighted by Gasteiger charge is -2.29. The first-order valence-electron chi connectivity index (χ1n) is 6.79. The third-order valence-corrected chi connectivity index (χ3v) is 3.43. The Morgan fingerprint density at radius 1 is 1.40 bits per heavy atom. The normalized spacial score (nSPS) is 12.2. The quantitative estimate of drug-likeness (QED) is 0.839. The lowest BCUT2D eigenvalue weighted by atomic mass is 9.98. The lowest BCUT2D eigenvalue weighted by molar-refractivity contribution is -0.119. The van der Waals surface area contributed by atoms with Crippen LogP contribution in [0.5, 0.6) is 0 Å². The van der Waals surface area contributed by atoms with Crippen molar-refractivity contribution in [1.29, 1.82) is 0 Å². The Morgan fingerprint density at radius 3 is 2.60 bits per heavy atom. The second-order valence-electron chi connectivity index (χ2n) is 6.16. The zero-order valence-corrected chi connectivity index (χ0v) is 12.5. The van der Waals surface area contributed by atoms with Crippen molar-refractivity contribution in [3.63, 3.8) is 0 Å². The molecule has 0 aliphatic rings. The van der Waals surface area contributed by atoms with Gasteiger partial charge in [0, 0.05) is 23.6 Å². The summed E-state index contributed by atoms with van der Waals surface area (Å²) < 4.78 is 2.11. The molecule has 0 aliphatic heterocycles. The molecule has 1 aromatic heterocycles. The van der Waals surface area contributed by atoms with E-state index >= 15 is 0 Å². The van der Waals surface area contributed by atoms with Gasteiger partial charge in [-0.25, -0.2) is 4.98 Å². The minimum Gasteiger partial charge on any atom is -0.399 e. The standard InChI is InChI=1S/C15H22N4O/c1-9(2)14-18-11-7-10(16)5-6-12(11)19(14)15(3,4)8-13(17)20/h5-7,9H,8,16H2,1-4H3,(H2,17,20). The first-order chi connectivity index (χ1) is 9.22. The van der Waals surface area contributed by atoms with Gasteiger partial charge in [-0.2, -0.15) is 0 Å². The second kappa shape index (κ2) is 4.81. The Kier molecular flexibility index (Phi) is 3.46. The van der Waals surface area contributed by atoms with Gasteiger partial charge in [0.25, 0.3) is 0 Å². The summed E-state index contributed by atoms with van der Waals surface area (Å²) in [5.74, 6) is 0.870. The molecule has 20 heavy (non-hydrogen) atoms. The van der Waals surface area contributed by atoms with Gasteiger partial charge in [0.2, 0.25) is 5.91 Å². The largest absolute Gasteiger partial charge is 0.399 e. The fraction of sp³-hybridized carbons (Fsp3) is 0.467. The van der Waals surface area contributed by atoms with Gasteiger partial charge in [0.15, 0.2) is 0 Å². The van der Waals surface area contributed by atoms with E-state index in [0.717, 1.165) is 16.9 Å². The fourth-order valence-corrected chi connectivity index (χ4v) is 2.64. The van der Waals surface area contributed by atoms with Crippen molar-refractivity contribution in [2.24, 2.45) is 5.73 Å². The number of fused-ring (bicyclic) bond motifs is 1. The highest BCUT2D eigenvalue weighted by Crippen LogP contribution is 2.31. The zero-order chi connectivity index (χ0) is 15.1. The highest BCUT2D eigenvalue weighted by atomic mass is 16.1. The molecule has 0 bridgehead atoms. The van der Waals surface area contributed by atoms with Crippen LogP contribution in [0.4, 0.5) is 5.69 Å². The van der Waals surface area contributed by atoms with E-state index in [1.165, 1.54) is 0 Å². The summed E-state index contributed by atoms with van der Waals surface area (Å²) in [7, 11) is 0. The molecule has 5 heteroatoms. The molecule has 1 aromatic carbocycles. The number of primary amides is 1. The zero-order valence-electron chi connectivity index (χ0n) is 12.5. The monoisotopic (exact) mass is 274 g/mol. The van der Waals surface area contributed by atoms with Crippen molar-refractivity contribution < 1.29 is 4.79 Å². The maximum absolute atomic E-state index is 11.3. The van der Waals surface area contributed by atoms with E-state index in [2.05, 4.69) is 23.4 Å². The Bertz CT molecular complexity index is 655. The molecule has 5 nitrogen and oxygen atoms in total. The van der Waals surface area contributed by atoms with E-state index in [9.17, 15) is 4.79 Å². The molecule has 0 fully saturated rings. The van der Waals surface area contributed by atoms with Gasteiger partial charge < -0.3 is 16.0 Å². The Morgan fingerprint density at radius 2 is 2.05 bits per heavy atom. The number of imidazole rings is 1. The van der Waals surface area contributed by atoms with Crippen molar-refractivity contribution in [2.75, 3.05) is 5.73 Å². The lowest BCUT2D eigenvalue weighted by Crippen LogP contribution is -2.33. The number of benzene rings is 1. The summed E-state index contributed by atoms with van der Waals surface area (Å²) in [4.78, 5) is 16.0. The minimum atomic E-state index is -0.420. The second-order valence-corrected chi connectivity index (χ2v) is 6.16. The van der Waals surface area contributed by atoms with Crippen LogP contribution in [0, 0.1) is 0 Å². The van der Waals surface area contributed by atoms with Crippen LogP contribution in [0.1, 0.15) is 45.9 Å². The SMILES string of the molecule is CC(C)c1nc2cc(N)ccc2n1C(C)(C)CC(N)=O. The van der Waals surface area contributed by atoms with Crippen molar-refractivity contribution in [2.45, 2.75) is 45.6 Å². The highest BCUT2D eigenvalue weighted by Gasteiger charge is 2.28. The van der Waals surface area contributed by atoms with Crippen LogP contribution >= 0.6 is 0 Å². The van der Waals surface area contributed by atoms with Crippen molar-refractivity contribution in [1.82, 2.24) is 9.55 Å². The Labute approximate surface area is 119 Å². The van der Waals surface area contributed by atoms with Gasteiger partial charge in [-0.05, 0) is 32.0 Å². The van der Waals surface area contributed by atoms with E-state index < -0.39 is 5.54 Å². The first kappa shape index (κ1) is 14.4. The van der Waals surface area contributed by atoms with Crippen LogP contribution in [0.3, 0.4) is 0 Å². The number of nitrogens with zero attached hydrogens (tertiary/aromatic N) is 2. The van der Waals surface area contributed by atoms with E-state index in [4.69, 9.17) is 11.5 Å². The van der Waals surface area contributed by atoms with E-state index in [-0.39, 0.29) is 18.2 Å². The van der Waals surface area contributed by atoms with Crippen molar-refractivity contribution in [3.05, 3.63) is 24.0 Å². The predicted octanol–water partition coefficient (Wildman–Crippen LogP) is 2.35. The van der Waals surface area contributed by atoms with Crippen LogP contribution in [0.2, 0.25) is 0 Å². The van der Waals surface area contributed by atoms with Crippen LogP contribution in [-0.4, -0.2) is 15.5 Å². The molecule has 2 aromatic rings. The molecule has 2 rings (SSSR count). The molecule has 0 saturated carbocycles. The smallest absolute Gasteiger partial charge is 0.219 e. The van der Waals surface area contributed by atoms with E-state index in [1.807, 2.05) is 32.0 Å². The number of carbonyl (C=O) groups excluding carboxylic acids is 1. The van der Waals surface area contributed by atoms with Gasteiger partial charge >= 0.3 is 0 Å². The molecule has 0 saturated heterocycles. The van der Waals surface area contributed by atoms with Crippen LogP contribution in [0.15, 0.2) is 18.2 Å². The van der Waals surface area contributed by atoms with Gasteiger partial charge in [-0.1, -0.05) is 13.8 Å². The highest BCUT2D eigenvalue weighted by molar-refractivity contribution is 5.81. The van der Waals surface area contributed by atoms with Crippen molar-refractivity contribution >= 4 is 22.6 Å². The van der Waals surface area contributed by atoms with Crippen LogP contribution < -0.4 is 11.5 Å². The summed E-state index contributed by atoms with van der Waals surface area (Å²) in [6.45, 7) is 8.17. The fourth-order valence-electron chi connectivity index (χ4n) is 2.64. The molecule has 1 amide bonds. The number of aromatic nitrogens is 2. The van der Waals surface area contributed by atoms with Crippen LogP contribution in [0.25, 0.3) is 11.0 Å². The van der Waals surface area contributed by atoms with Gasteiger partial charge in [0.05, 0.1) is 11.0 Å². The molecular formula is C15H22N4O. The maximum Gasteiger partial charge on any atom is 0.219 e. The molecule has 1 heterocycles. The van der Waals surface area contributed by atoms with Gasteiger partial charge in [0.1, 0.15) is 5.82 Å². The number of rotatable bonds is 4. The molecule has 108 valence electrons. The van der Waals surface area contributed by atoms with Crippen molar-refractivity contribution in [3.8, 4) is 0 Å². The summed E-state index contributed by atoms with van der Waals surface area (Å²) in [6.07, 6.45) is 0.266. The number of hydrogen-bond donors (Lipinski definition) is 2. The molecule has 0 aliphatic carbocycles. The minimum absolute atomic E-state index is 0.246. The predicted molar refractivity (Wildman–Crippen MR) is 81.4 cm³/mol. The number of anilines is 1. The summed E-state index contributed by atoms with van der Waals surface area (Å²) in [5.41, 5.74) is 13.3. The average molecular weight is 274 g/mol. The summed E-state index contributed by atoms with van der Waals surface area (Å²) >= 11 is 0. The topological polar surface area (TPSA) is 86.9 Å². The molecule has 0 unspecified atom stereocenters. The maximum atomic E-state index is 11.3. The van der Waals surface area contributed by atoms with Gasteiger partial charge in [-0.15, -0.1) is 0 Å². The number of hydrogen-bond acceptors (Lipinski definition) is 3. The molecule has 4 N–H and O–H groups in total. The molecular weight excluding hydrogens is 252 g/mol. The molecule has 0 spiro atoms. The summed E-state index contributed by atoms with van der Waals surface area (Å²) in [5, 5.41) is 0.